The fourth-order valence-electron chi connectivity index (χ4n) is 3.92. The average Bonchev–Trinajstić information content (AvgIpc) is 3.32. The first-order valence-corrected chi connectivity index (χ1v) is 12.0. The van der Waals surface area contributed by atoms with Crippen molar-refractivity contribution in [3.8, 4) is 11.4 Å². The molecule has 1 N–H and O–H groups in total. The number of ether oxygens (including phenoxy) is 1. The van der Waals surface area contributed by atoms with Crippen LogP contribution in [0.25, 0.3) is 22.4 Å². The van der Waals surface area contributed by atoms with E-state index in [1.807, 2.05) is 25.1 Å². The first-order chi connectivity index (χ1) is 17.5. The minimum atomic E-state index is -0.474. The molecule has 0 saturated heterocycles. The minimum Gasteiger partial charge on any atom is -0.495 e. The predicted molar refractivity (Wildman–Crippen MR) is 137 cm³/mol. The van der Waals surface area contributed by atoms with Gasteiger partial charge in [-0.2, -0.15) is 0 Å². The Morgan fingerprint density at radius 3 is 2.53 bits per heavy atom. The first-order valence-electron chi connectivity index (χ1n) is 11.0. The summed E-state index contributed by atoms with van der Waals surface area (Å²) in [6.45, 7) is 1.92. The van der Waals surface area contributed by atoms with Crippen LogP contribution in [0.15, 0.2) is 82.7 Å². The molecule has 0 fully saturated rings. The normalized spacial score (nSPS) is 11.1. The number of nitrogens with one attached hydrogen (secondary N) is 1. The number of para-hydroxylation sites is 1. The largest absolute Gasteiger partial charge is 0.495 e. The van der Waals surface area contributed by atoms with Gasteiger partial charge in [0.25, 0.3) is 11.5 Å². The number of rotatable bonds is 6. The molecular formula is C26H21N5O4S. The van der Waals surface area contributed by atoms with E-state index in [-0.39, 0.29) is 17.1 Å². The van der Waals surface area contributed by atoms with E-state index in [9.17, 15) is 14.4 Å². The Balaban J connectivity index is 1.55. The number of aryl methyl sites for hydroxylation is 1. The van der Waals surface area contributed by atoms with Crippen LogP contribution in [-0.2, 0) is 4.79 Å². The van der Waals surface area contributed by atoms with Gasteiger partial charge in [0, 0.05) is 5.56 Å². The van der Waals surface area contributed by atoms with Crippen LogP contribution in [0.4, 0.5) is 0 Å². The molecule has 180 valence electrons. The zero-order valence-electron chi connectivity index (χ0n) is 19.5. The molecule has 10 heteroatoms. The van der Waals surface area contributed by atoms with Crippen LogP contribution in [0.5, 0.6) is 5.75 Å². The lowest BCUT2D eigenvalue weighted by molar-refractivity contribution is -0.117. The third-order valence-corrected chi connectivity index (χ3v) is 6.52. The van der Waals surface area contributed by atoms with Crippen LogP contribution in [0.3, 0.4) is 0 Å². The van der Waals surface area contributed by atoms with Crippen LogP contribution >= 0.6 is 11.8 Å². The summed E-state index contributed by atoms with van der Waals surface area (Å²) in [6, 6.07) is 21.2. The van der Waals surface area contributed by atoms with Gasteiger partial charge in [0.15, 0.2) is 5.16 Å². The fourth-order valence-corrected chi connectivity index (χ4v) is 4.66. The van der Waals surface area contributed by atoms with E-state index in [1.54, 1.807) is 59.0 Å². The van der Waals surface area contributed by atoms with Crippen molar-refractivity contribution < 1.29 is 14.3 Å². The van der Waals surface area contributed by atoms with E-state index >= 15 is 0 Å². The summed E-state index contributed by atoms with van der Waals surface area (Å²) in [7, 11) is 1.54. The van der Waals surface area contributed by atoms with Crippen LogP contribution in [-0.4, -0.2) is 43.8 Å². The molecule has 0 aliphatic heterocycles. The van der Waals surface area contributed by atoms with E-state index < -0.39 is 11.8 Å². The smallest absolute Gasteiger partial charge is 0.267 e. The number of aromatic nitrogens is 4. The Labute approximate surface area is 209 Å². The van der Waals surface area contributed by atoms with Crippen molar-refractivity contribution in [2.75, 3.05) is 12.9 Å². The highest BCUT2D eigenvalue weighted by Gasteiger charge is 2.21. The summed E-state index contributed by atoms with van der Waals surface area (Å²) in [5.41, 5.74) is 2.21. The summed E-state index contributed by atoms with van der Waals surface area (Å²) in [4.78, 5) is 38.4. The molecule has 3 aromatic carbocycles. The maximum absolute atomic E-state index is 13.6. The second kappa shape index (κ2) is 9.67. The van der Waals surface area contributed by atoms with Gasteiger partial charge in [0.2, 0.25) is 11.7 Å². The molecule has 5 rings (SSSR count). The topological polar surface area (TPSA) is 108 Å². The molecule has 0 spiro atoms. The van der Waals surface area contributed by atoms with Crippen LogP contribution in [0.1, 0.15) is 15.9 Å². The van der Waals surface area contributed by atoms with Crippen molar-refractivity contribution in [3.63, 3.8) is 0 Å². The lowest BCUT2D eigenvalue weighted by Crippen LogP contribution is -2.31. The molecule has 36 heavy (non-hydrogen) atoms. The van der Waals surface area contributed by atoms with E-state index in [4.69, 9.17) is 4.74 Å². The van der Waals surface area contributed by atoms with E-state index in [2.05, 4.69) is 15.5 Å². The van der Waals surface area contributed by atoms with Gasteiger partial charge < -0.3 is 4.74 Å². The number of nitrogens with zero attached hydrogens (tertiary/aromatic N) is 4. The molecule has 0 aliphatic carbocycles. The number of benzene rings is 3. The highest BCUT2D eigenvalue weighted by atomic mass is 32.2. The number of carbonyl (C=O) groups is 2. The van der Waals surface area contributed by atoms with Gasteiger partial charge in [-0.25, -0.2) is 4.57 Å². The molecule has 0 atom stereocenters. The fraction of sp³-hybridized carbons (Fsp3) is 0.115. The Morgan fingerprint density at radius 2 is 1.75 bits per heavy atom. The SMILES string of the molecule is COc1ccc(C)cc1-n1c(=O)c2ccccc2n2c(SCC(=O)NC(=O)c3ccccc3)nnc12. The summed E-state index contributed by atoms with van der Waals surface area (Å²) in [5.74, 6) is -0.218. The zero-order valence-corrected chi connectivity index (χ0v) is 20.3. The number of hydrogen-bond donors (Lipinski definition) is 1. The Morgan fingerprint density at radius 1 is 1.00 bits per heavy atom. The maximum Gasteiger partial charge on any atom is 0.267 e. The Kier molecular flexibility index (Phi) is 6.26. The second-order valence-electron chi connectivity index (χ2n) is 7.98. The van der Waals surface area contributed by atoms with E-state index in [1.165, 1.54) is 11.7 Å². The summed E-state index contributed by atoms with van der Waals surface area (Å²) in [6.07, 6.45) is 0. The third kappa shape index (κ3) is 4.22. The molecule has 0 bridgehead atoms. The number of imide groups is 1. The zero-order chi connectivity index (χ0) is 25.2. The van der Waals surface area contributed by atoms with Gasteiger partial charge in [-0.3, -0.25) is 24.1 Å². The molecule has 0 unspecified atom stereocenters. The number of carbonyl (C=O) groups excluding carboxylic acids is 2. The monoisotopic (exact) mass is 499 g/mol. The first kappa shape index (κ1) is 23.3. The van der Waals surface area contributed by atoms with Crippen LogP contribution in [0, 0.1) is 6.92 Å². The highest BCUT2D eigenvalue weighted by molar-refractivity contribution is 7.99. The van der Waals surface area contributed by atoms with Crippen LogP contribution < -0.4 is 15.6 Å². The quantitative estimate of drug-likeness (QED) is 0.357. The van der Waals surface area contributed by atoms with Crippen LogP contribution in [0.2, 0.25) is 0 Å². The molecule has 5 aromatic rings. The van der Waals surface area contributed by atoms with Crippen molar-refractivity contribution in [1.29, 1.82) is 0 Å². The van der Waals surface area contributed by atoms with Gasteiger partial charge in [-0.1, -0.05) is 48.2 Å². The molecule has 9 nitrogen and oxygen atoms in total. The van der Waals surface area contributed by atoms with E-state index in [0.717, 1.165) is 17.3 Å². The van der Waals surface area contributed by atoms with Gasteiger partial charge in [-0.15, -0.1) is 10.2 Å². The number of amides is 2. The molecular weight excluding hydrogens is 478 g/mol. The molecule has 0 aliphatic rings. The molecule has 0 radical (unpaired) electrons. The lowest BCUT2D eigenvalue weighted by atomic mass is 10.2. The molecule has 2 heterocycles. The highest BCUT2D eigenvalue weighted by Crippen LogP contribution is 2.27. The summed E-state index contributed by atoms with van der Waals surface area (Å²) in [5, 5.41) is 11.8. The number of hydrogen-bond acceptors (Lipinski definition) is 7. The number of methoxy groups -OCH3 is 1. The average molecular weight is 500 g/mol. The molecule has 2 aromatic heterocycles. The molecule has 0 saturated carbocycles. The van der Waals surface area contributed by atoms with Crippen molar-refractivity contribution in [3.05, 3.63) is 94.3 Å². The summed E-state index contributed by atoms with van der Waals surface area (Å²) < 4.78 is 8.72. The van der Waals surface area contributed by atoms with Gasteiger partial charge in [0.05, 0.1) is 29.5 Å². The van der Waals surface area contributed by atoms with Gasteiger partial charge in [0.1, 0.15) is 5.75 Å². The van der Waals surface area contributed by atoms with Crippen molar-refractivity contribution in [1.82, 2.24) is 24.5 Å². The van der Waals surface area contributed by atoms with E-state index in [0.29, 0.717) is 33.1 Å². The minimum absolute atomic E-state index is 0.0689. The van der Waals surface area contributed by atoms with Crippen molar-refractivity contribution in [2.45, 2.75) is 12.1 Å². The lowest BCUT2D eigenvalue weighted by Gasteiger charge is -2.14. The Hall–Kier alpha value is -4.44. The predicted octanol–water partition coefficient (Wildman–Crippen LogP) is 3.40. The van der Waals surface area contributed by atoms with Crippen molar-refractivity contribution in [2.24, 2.45) is 0 Å². The van der Waals surface area contributed by atoms with Gasteiger partial charge >= 0.3 is 0 Å². The molecule has 2 amide bonds. The summed E-state index contributed by atoms with van der Waals surface area (Å²) >= 11 is 1.12. The second-order valence-corrected chi connectivity index (χ2v) is 8.93. The Bertz CT molecular complexity index is 1680. The standard InChI is InChI=1S/C26H21N5O4S/c1-16-12-13-21(35-2)20(14-16)30-24(34)18-10-6-7-11-19(18)31-25(30)28-29-26(31)36-15-22(32)27-23(33)17-8-4-3-5-9-17/h3-14H,15H2,1-2H3,(H,27,32,33). The third-order valence-electron chi connectivity index (χ3n) is 5.59. The number of thioether (sulfide) groups is 1. The van der Waals surface area contributed by atoms with Gasteiger partial charge in [-0.05, 0) is 48.9 Å². The number of fused-ring (bicyclic) bond motifs is 3. The van der Waals surface area contributed by atoms with Crippen molar-refractivity contribution >= 4 is 40.3 Å². The maximum atomic E-state index is 13.6.